The first-order chi connectivity index (χ1) is 28.0. The highest BCUT2D eigenvalue weighted by molar-refractivity contribution is 7.49. The van der Waals surface area contributed by atoms with E-state index in [4.69, 9.17) is 57.6 Å². The number of ether oxygens (including phenoxy) is 4. The van der Waals surface area contributed by atoms with E-state index in [1.165, 1.54) is 59.9 Å². The number of anilines is 2. The van der Waals surface area contributed by atoms with Crippen LogP contribution in [0.25, 0.3) is 22.3 Å². The summed E-state index contributed by atoms with van der Waals surface area (Å²) in [5, 5.41) is 23.7. The number of nitrogens with zero attached hydrogens (tertiary/aromatic N) is 8. The topological polar surface area (TPSA) is 306 Å². The lowest BCUT2D eigenvalue weighted by Crippen LogP contribution is -2.53. The van der Waals surface area contributed by atoms with Gasteiger partial charge in [-0.15, -0.1) is 0 Å². The van der Waals surface area contributed by atoms with Gasteiger partial charge in [-0.25, -0.2) is 19.1 Å². The van der Waals surface area contributed by atoms with Crippen LogP contribution in [-0.4, -0.2) is 111 Å². The van der Waals surface area contributed by atoms with Crippen LogP contribution in [0.5, 0.6) is 23.3 Å². The van der Waals surface area contributed by atoms with Crippen molar-refractivity contribution in [1.82, 2.24) is 39.0 Å². The van der Waals surface area contributed by atoms with Gasteiger partial charge in [-0.3, -0.25) is 27.2 Å². The van der Waals surface area contributed by atoms with Crippen LogP contribution in [0.3, 0.4) is 0 Å². The van der Waals surface area contributed by atoms with Crippen molar-refractivity contribution < 1.29 is 65.4 Å². The molecule has 4 fully saturated rings. The Morgan fingerprint density at radius 1 is 0.814 bits per heavy atom. The van der Waals surface area contributed by atoms with Crippen LogP contribution in [0.2, 0.25) is 0 Å². The van der Waals surface area contributed by atoms with Gasteiger partial charge in [0.2, 0.25) is 23.7 Å². The minimum Gasteiger partial charge on any atom is -0.476 e. The molecule has 3 unspecified atom stereocenters. The number of rotatable bonds is 10. The van der Waals surface area contributed by atoms with E-state index < -0.39 is 63.2 Å². The molecule has 0 saturated carbocycles. The monoisotopic (exact) mass is 862 g/mol. The van der Waals surface area contributed by atoms with Gasteiger partial charge in [0, 0.05) is 6.07 Å². The maximum absolute atomic E-state index is 14.1. The summed E-state index contributed by atoms with van der Waals surface area (Å²) < 4.78 is 88.9. The largest absolute Gasteiger partial charge is 0.530 e. The zero-order valence-corrected chi connectivity index (χ0v) is 33.9. The van der Waals surface area contributed by atoms with Gasteiger partial charge in [0.1, 0.15) is 46.6 Å². The van der Waals surface area contributed by atoms with Crippen LogP contribution in [0.15, 0.2) is 36.9 Å². The number of nitrogen functional groups attached to an aromatic ring is 2. The van der Waals surface area contributed by atoms with E-state index in [1.807, 2.05) is 0 Å². The zero-order valence-electron chi connectivity index (χ0n) is 32.1. The number of fused-ring (bicyclic) bond motifs is 4. The summed E-state index contributed by atoms with van der Waals surface area (Å²) in [4.78, 5) is 25.4. The lowest BCUT2D eigenvalue weighted by atomic mass is 9.89. The molecule has 0 aliphatic carbocycles. The first-order valence-electron chi connectivity index (χ1n) is 18.3. The van der Waals surface area contributed by atoms with Crippen LogP contribution in [0.4, 0.5) is 11.9 Å². The molecule has 24 nitrogen and oxygen atoms in total. The Morgan fingerprint density at radius 3 is 1.95 bits per heavy atom. The van der Waals surface area contributed by atoms with Crippen molar-refractivity contribution in [3.63, 3.8) is 0 Å². The number of benzene rings is 1. The lowest BCUT2D eigenvalue weighted by molar-refractivity contribution is -0.132. The van der Waals surface area contributed by atoms with Crippen molar-refractivity contribution in [3.05, 3.63) is 36.9 Å². The Balaban J connectivity index is 0.904. The molecule has 26 heteroatoms. The summed E-state index contributed by atoms with van der Waals surface area (Å²) in [5.41, 5.74) is 7.86. The molecule has 10 atom stereocenters. The molecule has 59 heavy (non-hydrogen) atoms. The summed E-state index contributed by atoms with van der Waals surface area (Å²) in [6.45, 7) is 8.04. The van der Waals surface area contributed by atoms with Crippen molar-refractivity contribution in [3.8, 4) is 23.3 Å². The number of hydrogen-bond donors (Lipinski definition) is 4. The first-order valence-corrected chi connectivity index (χ1v) is 21.3. The molecule has 0 bridgehead atoms. The van der Waals surface area contributed by atoms with E-state index in [1.54, 1.807) is 20.8 Å². The van der Waals surface area contributed by atoms with E-state index in [9.17, 15) is 19.3 Å². The second kappa shape index (κ2) is 13.9. The van der Waals surface area contributed by atoms with E-state index in [0.29, 0.717) is 13.2 Å². The second-order valence-electron chi connectivity index (χ2n) is 14.7. The Hall–Kier alpha value is -4.74. The average molecular weight is 863 g/mol. The molecule has 4 aliphatic heterocycles. The molecule has 0 radical (unpaired) electrons. The van der Waals surface area contributed by atoms with Crippen LogP contribution >= 0.6 is 15.6 Å². The molecular formula is C33H40N10O14P2. The number of imidazole rings is 2. The third kappa shape index (κ3) is 6.63. The fraction of sp³-hybridized carbons (Fsp3) is 0.515. The molecule has 4 aromatic heterocycles. The molecule has 6 N–H and O–H groups in total. The predicted molar refractivity (Wildman–Crippen MR) is 200 cm³/mol. The fourth-order valence-electron chi connectivity index (χ4n) is 7.66. The van der Waals surface area contributed by atoms with Crippen LogP contribution in [0, 0.1) is 0 Å². The van der Waals surface area contributed by atoms with Gasteiger partial charge in [-0.2, -0.15) is 19.9 Å². The second-order valence-corrected chi connectivity index (χ2v) is 17.8. The summed E-state index contributed by atoms with van der Waals surface area (Å²) >= 11 is 0. The summed E-state index contributed by atoms with van der Waals surface area (Å²) in [6, 6.07) is 5.57. The highest BCUT2D eigenvalue weighted by Crippen LogP contribution is 2.63. The number of phosphoric ester groups is 2. The average Bonchev–Trinajstić information content (AvgIpc) is 3.89. The number of hydrogen-bond acceptors (Lipinski definition) is 22. The fourth-order valence-corrected chi connectivity index (χ4v) is 10.8. The highest BCUT2D eigenvalue weighted by Gasteiger charge is 2.67. The van der Waals surface area contributed by atoms with Crippen molar-refractivity contribution in [2.24, 2.45) is 0 Å². The van der Waals surface area contributed by atoms with Gasteiger partial charge >= 0.3 is 15.6 Å². The molecule has 5 aromatic rings. The molecule has 4 saturated heterocycles. The number of aliphatic hydroxyl groups is 2. The summed E-state index contributed by atoms with van der Waals surface area (Å²) in [7, 11) is -8.91. The van der Waals surface area contributed by atoms with Gasteiger partial charge in [-0.05, 0) is 46.8 Å². The zero-order chi connectivity index (χ0) is 41.7. The molecule has 1 aromatic carbocycles. The molecule has 316 valence electrons. The lowest BCUT2D eigenvalue weighted by Gasteiger charge is -2.39. The van der Waals surface area contributed by atoms with Crippen LogP contribution in [0.1, 0.15) is 47.1 Å². The maximum atomic E-state index is 14.1. The van der Waals surface area contributed by atoms with Crippen molar-refractivity contribution in [2.45, 2.75) is 82.2 Å². The molecule has 0 spiro atoms. The Kier molecular flexibility index (Phi) is 9.36. The van der Waals surface area contributed by atoms with E-state index in [2.05, 4.69) is 29.9 Å². The Labute approximate surface area is 334 Å². The predicted octanol–water partition coefficient (Wildman–Crippen LogP) is 2.82. The van der Waals surface area contributed by atoms with Gasteiger partial charge in [-0.1, -0.05) is 6.07 Å². The quantitative estimate of drug-likeness (QED) is 0.147. The van der Waals surface area contributed by atoms with E-state index in [0.717, 1.165) is 0 Å². The minimum atomic E-state index is -4.47. The summed E-state index contributed by atoms with van der Waals surface area (Å²) in [6.07, 6.45) is -2.92. The van der Waals surface area contributed by atoms with Crippen molar-refractivity contribution in [2.75, 3.05) is 37.9 Å². The van der Waals surface area contributed by atoms with Gasteiger partial charge < -0.3 is 49.7 Å². The van der Waals surface area contributed by atoms with Crippen molar-refractivity contribution in [1.29, 1.82) is 0 Å². The summed E-state index contributed by atoms with van der Waals surface area (Å²) in [5.74, 6) is -0.0303. The van der Waals surface area contributed by atoms with Gasteiger partial charge in [0.25, 0.3) is 0 Å². The van der Waals surface area contributed by atoms with Crippen LogP contribution < -0.4 is 30.0 Å². The first kappa shape index (κ1) is 39.7. The molecule has 0 amide bonds. The third-order valence-corrected chi connectivity index (χ3v) is 12.9. The number of aromatic nitrogens is 8. The van der Waals surface area contributed by atoms with E-state index >= 15 is 0 Å². The minimum absolute atomic E-state index is 0.0833. The van der Waals surface area contributed by atoms with Gasteiger partial charge in [0.05, 0.1) is 39.1 Å². The maximum Gasteiger partial charge on any atom is 0.530 e. The SMILES string of the molecule is CCOc1nc(N)nc2c1ncn2C1O[C@@H]2COP(=O)(Oc3cccc(OP4(=O)OC[C@@]5(C)O[C@@H](n6cnc7c(OCC)nc(N)nc76)[C@](C)(O)[C@@H]5O4)c3)O[C@H]2[C@@]1(C)O. The Morgan fingerprint density at radius 2 is 1.37 bits per heavy atom. The van der Waals surface area contributed by atoms with Crippen LogP contribution in [-0.2, 0) is 36.7 Å². The third-order valence-electron chi connectivity index (χ3n) is 10.2. The normalized spacial score (nSPS) is 35.4. The highest BCUT2D eigenvalue weighted by atomic mass is 31.2. The number of phosphoric acid groups is 2. The molecule has 4 aliphatic rings. The smallest absolute Gasteiger partial charge is 0.476 e. The number of nitrogens with two attached hydrogens (primary N) is 2. The van der Waals surface area contributed by atoms with E-state index in [-0.39, 0.29) is 70.7 Å². The molecule has 8 heterocycles. The molecular weight excluding hydrogens is 822 g/mol. The molecule has 9 rings (SSSR count). The standard InChI is InChI=1S/C33H40N10O14P2/c1-6-48-24-19-22(38-29(34)40-24)42(14-36-19)27-32(4,44)21-18(52-27)12-50-58(46,56-21)54-16-9-8-10-17(11-16)55-59(47)51-13-31(3)26(57-59)33(5,45)28(53-31)43-15-37-20-23(43)39-30(35)41-25(20)49-7-2/h8-11,14-15,18,21,26-28,44-45H,6-7,12-13H2,1-5H3,(H2,34,38,40)(H2,35,39,41)/t18-,21-,26-,27?,28-,31-,32-,33-,58?,59?/m1/s1. The van der Waals surface area contributed by atoms with Crippen molar-refractivity contribution >= 4 is 49.9 Å². The van der Waals surface area contributed by atoms with Gasteiger partial charge in [0.15, 0.2) is 34.8 Å². The Bertz CT molecular complexity index is 2560.